The van der Waals surface area contributed by atoms with Gasteiger partial charge in [-0.3, -0.25) is 0 Å². The summed E-state index contributed by atoms with van der Waals surface area (Å²) < 4.78 is 0. The maximum Gasteiger partial charge on any atom is 0.326 e. The SMILES string of the molecule is CC(NC(=O)NC(C(=O)O)C1CC1)C1CCCCC1. The molecule has 2 amide bonds. The van der Waals surface area contributed by atoms with Gasteiger partial charge in [0.05, 0.1) is 0 Å². The van der Waals surface area contributed by atoms with Gasteiger partial charge in [-0.2, -0.15) is 0 Å². The van der Waals surface area contributed by atoms with Crippen molar-refractivity contribution in [1.29, 1.82) is 0 Å². The molecule has 108 valence electrons. The Morgan fingerprint density at radius 3 is 2.16 bits per heavy atom. The van der Waals surface area contributed by atoms with E-state index in [4.69, 9.17) is 5.11 Å². The highest BCUT2D eigenvalue weighted by Crippen LogP contribution is 2.32. The van der Waals surface area contributed by atoms with Crippen LogP contribution in [0, 0.1) is 11.8 Å². The lowest BCUT2D eigenvalue weighted by Crippen LogP contribution is -2.50. The largest absolute Gasteiger partial charge is 0.480 e. The molecule has 0 aliphatic heterocycles. The number of amides is 2. The number of carboxylic acids is 1. The molecule has 2 atom stereocenters. The van der Waals surface area contributed by atoms with Crippen molar-refractivity contribution in [2.24, 2.45) is 11.8 Å². The zero-order valence-corrected chi connectivity index (χ0v) is 11.5. The molecule has 2 fully saturated rings. The summed E-state index contributed by atoms with van der Waals surface area (Å²) in [5, 5.41) is 14.6. The molecule has 2 aliphatic carbocycles. The number of hydrogen-bond acceptors (Lipinski definition) is 2. The lowest BCUT2D eigenvalue weighted by molar-refractivity contribution is -0.139. The molecule has 2 saturated carbocycles. The zero-order valence-electron chi connectivity index (χ0n) is 11.5. The Bertz CT molecular complexity index is 336. The predicted octanol–water partition coefficient (Wildman–Crippen LogP) is 2.12. The van der Waals surface area contributed by atoms with Gasteiger partial charge in [-0.25, -0.2) is 9.59 Å². The topological polar surface area (TPSA) is 78.4 Å². The van der Waals surface area contributed by atoms with Gasteiger partial charge in [-0.15, -0.1) is 0 Å². The van der Waals surface area contributed by atoms with E-state index in [2.05, 4.69) is 10.6 Å². The number of hydrogen-bond donors (Lipinski definition) is 3. The molecule has 0 aromatic carbocycles. The molecule has 0 spiro atoms. The van der Waals surface area contributed by atoms with E-state index in [0.717, 1.165) is 25.7 Å². The second-order valence-corrected chi connectivity index (χ2v) is 5.96. The van der Waals surface area contributed by atoms with Crippen LogP contribution >= 0.6 is 0 Å². The van der Waals surface area contributed by atoms with Gasteiger partial charge < -0.3 is 15.7 Å². The molecular weight excluding hydrogens is 244 g/mol. The van der Waals surface area contributed by atoms with E-state index in [0.29, 0.717) is 5.92 Å². The van der Waals surface area contributed by atoms with Crippen molar-refractivity contribution in [3.63, 3.8) is 0 Å². The third-order valence-corrected chi connectivity index (χ3v) is 4.36. The van der Waals surface area contributed by atoms with E-state index >= 15 is 0 Å². The molecule has 2 rings (SSSR count). The highest BCUT2D eigenvalue weighted by Gasteiger charge is 2.37. The standard InChI is InChI=1S/C14H24N2O3/c1-9(10-5-3-2-4-6-10)15-14(19)16-12(13(17)18)11-7-8-11/h9-12H,2-8H2,1H3,(H,17,18)(H2,15,16,19). The van der Waals surface area contributed by atoms with Crippen molar-refractivity contribution < 1.29 is 14.7 Å². The fourth-order valence-electron chi connectivity index (χ4n) is 2.95. The van der Waals surface area contributed by atoms with Gasteiger partial charge in [-0.1, -0.05) is 19.3 Å². The molecule has 19 heavy (non-hydrogen) atoms. The smallest absolute Gasteiger partial charge is 0.326 e. The van der Waals surface area contributed by atoms with E-state index in [9.17, 15) is 9.59 Å². The van der Waals surface area contributed by atoms with Crippen LogP contribution in [0.5, 0.6) is 0 Å². The van der Waals surface area contributed by atoms with Gasteiger partial charge in [0.1, 0.15) is 6.04 Å². The second-order valence-electron chi connectivity index (χ2n) is 5.96. The van der Waals surface area contributed by atoms with Crippen LogP contribution in [-0.4, -0.2) is 29.2 Å². The Labute approximate surface area is 114 Å². The van der Waals surface area contributed by atoms with E-state index in [-0.39, 0.29) is 18.0 Å². The van der Waals surface area contributed by atoms with Crippen LogP contribution in [0.3, 0.4) is 0 Å². The van der Waals surface area contributed by atoms with Gasteiger partial charge in [-0.05, 0) is 44.4 Å². The molecule has 2 aliphatic rings. The van der Waals surface area contributed by atoms with Crippen LogP contribution in [0.4, 0.5) is 4.79 Å². The first-order valence-electron chi connectivity index (χ1n) is 7.37. The number of nitrogens with one attached hydrogen (secondary N) is 2. The highest BCUT2D eigenvalue weighted by molar-refractivity contribution is 5.83. The van der Waals surface area contributed by atoms with Gasteiger partial charge in [0.25, 0.3) is 0 Å². The van der Waals surface area contributed by atoms with Gasteiger partial charge in [0.2, 0.25) is 0 Å². The summed E-state index contributed by atoms with van der Waals surface area (Å²) in [6.07, 6.45) is 7.87. The summed E-state index contributed by atoms with van der Waals surface area (Å²) in [6, 6.07) is -0.940. The molecule has 3 N–H and O–H groups in total. The van der Waals surface area contributed by atoms with Crippen LogP contribution in [0.15, 0.2) is 0 Å². The zero-order chi connectivity index (χ0) is 13.8. The summed E-state index contributed by atoms with van der Waals surface area (Å²) >= 11 is 0. The van der Waals surface area contributed by atoms with Gasteiger partial charge >= 0.3 is 12.0 Å². The van der Waals surface area contributed by atoms with Crippen molar-refractivity contribution in [2.45, 2.75) is 64.0 Å². The van der Waals surface area contributed by atoms with Gasteiger partial charge in [0.15, 0.2) is 0 Å². The molecular formula is C14H24N2O3. The fraction of sp³-hybridized carbons (Fsp3) is 0.857. The van der Waals surface area contributed by atoms with Crippen molar-refractivity contribution >= 4 is 12.0 Å². The number of carboxylic acid groups (broad SMARTS) is 1. The van der Waals surface area contributed by atoms with E-state index in [1.165, 1.54) is 19.3 Å². The Morgan fingerprint density at radius 2 is 1.63 bits per heavy atom. The molecule has 0 heterocycles. The minimum atomic E-state index is -0.928. The van der Waals surface area contributed by atoms with Crippen molar-refractivity contribution in [3.8, 4) is 0 Å². The number of urea groups is 1. The van der Waals surface area contributed by atoms with Crippen LogP contribution in [0.25, 0.3) is 0 Å². The van der Waals surface area contributed by atoms with E-state index in [1.807, 2.05) is 6.92 Å². The van der Waals surface area contributed by atoms with Crippen LogP contribution in [0.2, 0.25) is 0 Å². The summed E-state index contributed by atoms with van der Waals surface area (Å²) in [7, 11) is 0. The molecule has 0 bridgehead atoms. The van der Waals surface area contributed by atoms with Crippen LogP contribution < -0.4 is 10.6 Å². The predicted molar refractivity (Wildman–Crippen MR) is 71.9 cm³/mol. The molecule has 0 saturated heterocycles. The average molecular weight is 268 g/mol. The Morgan fingerprint density at radius 1 is 1.00 bits per heavy atom. The number of aliphatic carboxylic acids is 1. The second kappa shape index (κ2) is 6.26. The highest BCUT2D eigenvalue weighted by atomic mass is 16.4. The molecule has 2 unspecified atom stereocenters. The third-order valence-electron chi connectivity index (χ3n) is 4.36. The maximum absolute atomic E-state index is 11.9. The van der Waals surface area contributed by atoms with E-state index in [1.54, 1.807) is 0 Å². The molecule has 5 nitrogen and oxygen atoms in total. The minimum Gasteiger partial charge on any atom is -0.480 e. The van der Waals surface area contributed by atoms with Crippen molar-refractivity contribution in [3.05, 3.63) is 0 Å². The summed E-state index contributed by atoms with van der Waals surface area (Å²) in [4.78, 5) is 22.9. The Kier molecular flexibility index (Phi) is 4.66. The van der Waals surface area contributed by atoms with E-state index < -0.39 is 12.0 Å². The number of carbonyl (C=O) groups is 2. The molecule has 0 aromatic rings. The van der Waals surface area contributed by atoms with Gasteiger partial charge in [0, 0.05) is 6.04 Å². The Hall–Kier alpha value is -1.26. The first-order chi connectivity index (χ1) is 9.08. The van der Waals surface area contributed by atoms with Crippen molar-refractivity contribution in [1.82, 2.24) is 10.6 Å². The lowest BCUT2D eigenvalue weighted by atomic mass is 9.85. The fourth-order valence-corrected chi connectivity index (χ4v) is 2.95. The Balaban J connectivity index is 1.77. The molecule has 0 radical (unpaired) electrons. The number of rotatable bonds is 5. The first-order valence-corrected chi connectivity index (χ1v) is 7.37. The molecule has 5 heteroatoms. The minimum absolute atomic E-state index is 0.119. The lowest BCUT2D eigenvalue weighted by Gasteiger charge is -2.28. The normalized spacial score (nSPS) is 23.4. The summed E-state index contributed by atoms with van der Waals surface area (Å²) in [5.41, 5.74) is 0. The summed E-state index contributed by atoms with van der Waals surface area (Å²) in [5.74, 6) is -0.278. The first kappa shape index (κ1) is 14.2. The van der Waals surface area contributed by atoms with Crippen LogP contribution in [0.1, 0.15) is 51.9 Å². The number of carbonyl (C=O) groups excluding carboxylic acids is 1. The monoisotopic (exact) mass is 268 g/mol. The van der Waals surface area contributed by atoms with Crippen LogP contribution in [-0.2, 0) is 4.79 Å². The molecule has 0 aromatic heterocycles. The maximum atomic E-state index is 11.9. The quantitative estimate of drug-likeness (QED) is 0.714. The van der Waals surface area contributed by atoms with Crippen molar-refractivity contribution in [2.75, 3.05) is 0 Å². The third kappa shape index (κ3) is 4.11. The summed E-state index contributed by atoms with van der Waals surface area (Å²) in [6.45, 7) is 2.02. The average Bonchev–Trinajstić information content (AvgIpc) is 3.21.